The van der Waals surface area contributed by atoms with Crippen LogP contribution in [0.25, 0.3) is 0 Å². The van der Waals surface area contributed by atoms with E-state index in [2.05, 4.69) is 22.0 Å². The van der Waals surface area contributed by atoms with Crippen LogP contribution in [0.5, 0.6) is 0 Å². The van der Waals surface area contributed by atoms with Crippen LogP contribution in [0.2, 0.25) is 0 Å². The van der Waals surface area contributed by atoms with Crippen molar-refractivity contribution in [1.29, 1.82) is 0 Å². The van der Waals surface area contributed by atoms with E-state index in [9.17, 15) is 4.39 Å². The second-order valence-corrected chi connectivity index (χ2v) is 5.59. The lowest BCUT2D eigenvalue weighted by Gasteiger charge is -2.29. The number of hydrogen-bond donors (Lipinski definition) is 1. The summed E-state index contributed by atoms with van der Waals surface area (Å²) >= 11 is 3.37. The van der Waals surface area contributed by atoms with Gasteiger partial charge in [-0.1, -0.05) is 18.9 Å². The molecule has 1 aromatic carbocycles. The van der Waals surface area contributed by atoms with Crippen molar-refractivity contribution in [2.45, 2.75) is 38.0 Å². The molecule has 1 aromatic rings. The van der Waals surface area contributed by atoms with E-state index in [0.717, 1.165) is 24.0 Å². The monoisotopic (exact) mass is 285 g/mol. The van der Waals surface area contributed by atoms with Crippen molar-refractivity contribution < 1.29 is 4.39 Å². The number of aryl methyl sites for hydroxylation is 1. The molecule has 3 heteroatoms. The summed E-state index contributed by atoms with van der Waals surface area (Å²) in [6.07, 6.45) is 4.54. The Morgan fingerprint density at radius 2 is 2.00 bits per heavy atom. The molecule has 1 nitrogen and oxygen atoms in total. The summed E-state index contributed by atoms with van der Waals surface area (Å²) in [4.78, 5) is 0. The zero-order valence-electron chi connectivity index (χ0n) is 9.52. The molecule has 0 saturated heterocycles. The summed E-state index contributed by atoms with van der Waals surface area (Å²) in [7, 11) is 0. The highest BCUT2D eigenvalue weighted by atomic mass is 79.9. The summed E-state index contributed by atoms with van der Waals surface area (Å²) in [6, 6.07) is 3.64. The maximum atomic E-state index is 13.7. The molecule has 0 spiro atoms. The summed E-state index contributed by atoms with van der Waals surface area (Å²) < 4.78 is 14.3. The topological polar surface area (TPSA) is 26.0 Å². The van der Waals surface area contributed by atoms with Crippen LogP contribution in [0.4, 0.5) is 4.39 Å². The number of benzene rings is 1. The molecule has 2 rings (SSSR count). The van der Waals surface area contributed by atoms with E-state index in [4.69, 9.17) is 5.73 Å². The Kier molecular flexibility index (Phi) is 3.36. The van der Waals surface area contributed by atoms with E-state index >= 15 is 0 Å². The van der Waals surface area contributed by atoms with Crippen LogP contribution in [0, 0.1) is 12.7 Å². The van der Waals surface area contributed by atoms with Crippen LogP contribution >= 0.6 is 15.9 Å². The summed E-state index contributed by atoms with van der Waals surface area (Å²) in [5, 5.41) is 0. The normalized spacial score (nSPS) is 19.0. The highest BCUT2D eigenvalue weighted by Gasteiger charge is 2.36. The first kappa shape index (κ1) is 12.1. The highest BCUT2D eigenvalue weighted by Crippen LogP contribution is 2.44. The van der Waals surface area contributed by atoms with Gasteiger partial charge in [0.05, 0.1) is 4.47 Å². The van der Waals surface area contributed by atoms with Gasteiger partial charge in [0.1, 0.15) is 5.82 Å². The van der Waals surface area contributed by atoms with Gasteiger partial charge in [0, 0.05) is 12.0 Å². The van der Waals surface area contributed by atoms with E-state index < -0.39 is 0 Å². The number of rotatable bonds is 2. The minimum Gasteiger partial charge on any atom is -0.330 e. The third kappa shape index (κ3) is 1.91. The molecule has 88 valence electrons. The van der Waals surface area contributed by atoms with Gasteiger partial charge in [-0.05, 0) is 52.9 Å². The van der Waals surface area contributed by atoms with Gasteiger partial charge >= 0.3 is 0 Å². The number of halogens is 2. The highest BCUT2D eigenvalue weighted by molar-refractivity contribution is 9.10. The Balaban J connectivity index is 2.53. The molecule has 0 amide bonds. The van der Waals surface area contributed by atoms with Crippen LogP contribution in [0.3, 0.4) is 0 Å². The average Bonchev–Trinajstić information content (AvgIpc) is 2.73. The lowest BCUT2D eigenvalue weighted by molar-refractivity contribution is 0.446. The maximum Gasteiger partial charge on any atom is 0.137 e. The molecule has 16 heavy (non-hydrogen) atoms. The largest absolute Gasteiger partial charge is 0.330 e. The van der Waals surface area contributed by atoms with Crippen molar-refractivity contribution in [2.24, 2.45) is 5.73 Å². The first-order valence-corrected chi connectivity index (χ1v) is 6.54. The molecule has 0 bridgehead atoms. The lowest BCUT2D eigenvalue weighted by Crippen LogP contribution is -2.32. The third-order valence-corrected chi connectivity index (χ3v) is 4.50. The maximum absolute atomic E-state index is 13.7. The quantitative estimate of drug-likeness (QED) is 0.882. The zero-order chi connectivity index (χ0) is 11.8. The fourth-order valence-electron chi connectivity index (χ4n) is 2.75. The Bertz CT molecular complexity index is 397. The predicted octanol–water partition coefficient (Wildman–Crippen LogP) is 3.67. The van der Waals surface area contributed by atoms with E-state index in [1.54, 1.807) is 6.07 Å². The van der Waals surface area contributed by atoms with Crippen molar-refractivity contribution in [2.75, 3.05) is 6.54 Å². The Morgan fingerprint density at radius 1 is 1.38 bits per heavy atom. The van der Waals surface area contributed by atoms with E-state index in [1.807, 2.05) is 6.92 Å². The predicted molar refractivity (Wildman–Crippen MR) is 68.0 cm³/mol. The standard InChI is InChI=1S/C13H17BrFN/c1-9-6-10(12(14)11(15)7-9)13(8-16)4-2-3-5-13/h6-7H,2-5,8,16H2,1H3. The number of nitrogens with two attached hydrogens (primary N) is 1. The molecule has 0 aliphatic heterocycles. The molecular weight excluding hydrogens is 269 g/mol. The molecule has 1 aliphatic rings. The molecule has 2 N–H and O–H groups in total. The molecule has 0 aromatic heterocycles. The van der Waals surface area contributed by atoms with Gasteiger partial charge in [-0.3, -0.25) is 0 Å². The zero-order valence-corrected chi connectivity index (χ0v) is 11.1. The van der Waals surface area contributed by atoms with Gasteiger partial charge in [0.15, 0.2) is 0 Å². The van der Waals surface area contributed by atoms with Crippen LogP contribution in [-0.2, 0) is 5.41 Å². The van der Waals surface area contributed by atoms with Crippen molar-refractivity contribution in [3.63, 3.8) is 0 Å². The Morgan fingerprint density at radius 3 is 2.56 bits per heavy atom. The van der Waals surface area contributed by atoms with Crippen molar-refractivity contribution in [3.05, 3.63) is 33.5 Å². The van der Waals surface area contributed by atoms with Crippen molar-refractivity contribution in [3.8, 4) is 0 Å². The van der Waals surface area contributed by atoms with Crippen LogP contribution in [-0.4, -0.2) is 6.54 Å². The first-order chi connectivity index (χ1) is 7.59. The molecule has 0 radical (unpaired) electrons. The smallest absolute Gasteiger partial charge is 0.137 e. The van der Waals surface area contributed by atoms with E-state index in [-0.39, 0.29) is 11.2 Å². The van der Waals surface area contributed by atoms with Gasteiger partial charge in [-0.2, -0.15) is 0 Å². The summed E-state index contributed by atoms with van der Waals surface area (Å²) in [6.45, 7) is 2.53. The first-order valence-electron chi connectivity index (χ1n) is 5.75. The molecular formula is C13H17BrFN. The van der Waals surface area contributed by atoms with E-state index in [0.29, 0.717) is 11.0 Å². The lowest BCUT2D eigenvalue weighted by atomic mass is 9.78. The van der Waals surface area contributed by atoms with Crippen LogP contribution in [0.15, 0.2) is 16.6 Å². The minimum atomic E-state index is -0.172. The molecule has 0 atom stereocenters. The van der Waals surface area contributed by atoms with Crippen LogP contribution in [0.1, 0.15) is 36.8 Å². The van der Waals surface area contributed by atoms with Crippen molar-refractivity contribution in [1.82, 2.24) is 0 Å². The SMILES string of the molecule is Cc1cc(F)c(Br)c(C2(CN)CCCC2)c1. The van der Waals surface area contributed by atoms with Gasteiger partial charge < -0.3 is 5.73 Å². The average molecular weight is 286 g/mol. The van der Waals surface area contributed by atoms with Gasteiger partial charge in [0.25, 0.3) is 0 Å². The fraction of sp³-hybridized carbons (Fsp3) is 0.538. The minimum absolute atomic E-state index is 0.00824. The fourth-order valence-corrected chi connectivity index (χ4v) is 3.40. The molecule has 0 heterocycles. The number of hydrogen-bond acceptors (Lipinski definition) is 1. The van der Waals surface area contributed by atoms with E-state index in [1.165, 1.54) is 12.8 Å². The van der Waals surface area contributed by atoms with Gasteiger partial charge in [-0.25, -0.2) is 4.39 Å². The molecule has 0 unspecified atom stereocenters. The molecule has 1 saturated carbocycles. The second-order valence-electron chi connectivity index (χ2n) is 4.80. The summed E-state index contributed by atoms with van der Waals surface area (Å²) in [5.74, 6) is -0.172. The Hall–Kier alpha value is -0.410. The molecule has 1 aliphatic carbocycles. The van der Waals surface area contributed by atoms with Crippen molar-refractivity contribution >= 4 is 15.9 Å². The second kappa shape index (κ2) is 4.46. The Labute approximate surface area is 104 Å². The van der Waals surface area contributed by atoms with Crippen LogP contribution < -0.4 is 5.73 Å². The third-order valence-electron chi connectivity index (χ3n) is 3.70. The molecule has 1 fully saturated rings. The van der Waals surface area contributed by atoms with Gasteiger partial charge in [0.2, 0.25) is 0 Å². The summed E-state index contributed by atoms with van der Waals surface area (Å²) in [5.41, 5.74) is 7.95. The van der Waals surface area contributed by atoms with Gasteiger partial charge in [-0.15, -0.1) is 0 Å².